The molecule has 13 heavy (non-hydrogen) atoms. The lowest BCUT2D eigenvalue weighted by molar-refractivity contribution is -0.122. The van der Waals surface area contributed by atoms with Gasteiger partial charge < -0.3 is 10.0 Å². The molecule has 1 fully saturated rings. The molecule has 0 saturated carbocycles. The number of nitrogens with zero attached hydrogens (tertiary/aromatic N) is 1. The molecule has 1 atom stereocenters. The molecule has 1 heterocycles. The van der Waals surface area contributed by atoms with Crippen molar-refractivity contribution < 1.29 is 9.90 Å². The molecule has 1 saturated heterocycles. The third-order valence-electron chi connectivity index (χ3n) is 2.52. The van der Waals surface area contributed by atoms with E-state index < -0.39 is 6.10 Å². The molecule has 3 nitrogen and oxygen atoms in total. The molecule has 0 radical (unpaired) electrons. The van der Waals surface area contributed by atoms with Crippen molar-refractivity contribution in [2.24, 2.45) is 0 Å². The van der Waals surface area contributed by atoms with Crippen LogP contribution >= 0.6 is 0 Å². The van der Waals surface area contributed by atoms with Crippen LogP contribution in [0.1, 0.15) is 12.8 Å². The van der Waals surface area contributed by atoms with Gasteiger partial charge in [0.2, 0.25) is 5.78 Å². The monoisotopic (exact) mass is 179 g/mol. The van der Waals surface area contributed by atoms with Crippen LogP contribution in [0.15, 0.2) is 23.9 Å². The molecule has 70 valence electrons. The lowest BCUT2D eigenvalue weighted by Crippen LogP contribution is -2.32. The number of rotatable bonds is 1. The van der Waals surface area contributed by atoms with Crippen LogP contribution in [0.2, 0.25) is 0 Å². The molecule has 0 bridgehead atoms. The zero-order valence-corrected chi connectivity index (χ0v) is 7.44. The average molecular weight is 179 g/mol. The number of hydrogen-bond acceptors (Lipinski definition) is 3. The number of aliphatic hydroxyl groups excluding tert-OH is 1. The van der Waals surface area contributed by atoms with E-state index in [2.05, 4.69) is 4.90 Å². The van der Waals surface area contributed by atoms with Crippen LogP contribution in [0.4, 0.5) is 0 Å². The molecule has 0 aromatic rings. The number of carbonyl (C=O) groups is 1. The Morgan fingerprint density at radius 3 is 2.77 bits per heavy atom. The minimum Gasteiger partial charge on any atom is -0.381 e. The minimum absolute atomic E-state index is 0.163. The third kappa shape index (κ3) is 1.52. The first-order valence-electron chi connectivity index (χ1n) is 4.65. The molecule has 1 unspecified atom stereocenters. The highest BCUT2D eigenvalue weighted by Gasteiger charge is 2.25. The first-order valence-corrected chi connectivity index (χ1v) is 4.65. The van der Waals surface area contributed by atoms with Crippen LogP contribution in [-0.4, -0.2) is 35.0 Å². The lowest BCUT2D eigenvalue weighted by atomic mass is 10.1. The second kappa shape index (κ2) is 3.34. The predicted octanol–water partition coefficient (Wildman–Crippen LogP) is 0.466. The Morgan fingerprint density at radius 1 is 1.38 bits per heavy atom. The summed E-state index contributed by atoms with van der Waals surface area (Å²) in [5.41, 5.74) is 0.674. The predicted molar refractivity (Wildman–Crippen MR) is 49.0 cm³/mol. The first-order chi connectivity index (χ1) is 6.29. The normalized spacial score (nSPS) is 28.1. The summed E-state index contributed by atoms with van der Waals surface area (Å²) >= 11 is 0. The third-order valence-corrected chi connectivity index (χ3v) is 2.52. The highest BCUT2D eigenvalue weighted by atomic mass is 16.3. The number of allylic oxidation sites excluding steroid dienone is 2. The first kappa shape index (κ1) is 8.51. The molecule has 2 rings (SSSR count). The molecule has 1 aliphatic heterocycles. The fourth-order valence-corrected chi connectivity index (χ4v) is 1.79. The van der Waals surface area contributed by atoms with E-state index in [0.717, 1.165) is 25.9 Å². The van der Waals surface area contributed by atoms with Crippen molar-refractivity contribution in [2.45, 2.75) is 18.9 Å². The van der Waals surface area contributed by atoms with E-state index in [1.165, 1.54) is 6.08 Å². The fraction of sp³-hybridized carbons (Fsp3) is 0.500. The van der Waals surface area contributed by atoms with E-state index in [1.54, 1.807) is 12.2 Å². The maximum atomic E-state index is 11.5. The second-order valence-electron chi connectivity index (χ2n) is 3.44. The van der Waals surface area contributed by atoms with Crippen molar-refractivity contribution in [3.63, 3.8) is 0 Å². The van der Waals surface area contributed by atoms with Gasteiger partial charge in [0.15, 0.2) is 0 Å². The van der Waals surface area contributed by atoms with E-state index in [4.69, 9.17) is 0 Å². The van der Waals surface area contributed by atoms with E-state index in [-0.39, 0.29) is 5.78 Å². The Morgan fingerprint density at radius 2 is 2.08 bits per heavy atom. The smallest absolute Gasteiger partial charge is 0.211 e. The van der Waals surface area contributed by atoms with Gasteiger partial charge in [-0.1, -0.05) is 6.08 Å². The van der Waals surface area contributed by atoms with Gasteiger partial charge in [0.1, 0.15) is 6.10 Å². The molecule has 0 aromatic carbocycles. The zero-order valence-electron chi connectivity index (χ0n) is 7.44. The Kier molecular flexibility index (Phi) is 2.19. The molecule has 1 N–H and O–H groups in total. The van der Waals surface area contributed by atoms with Gasteiger partial charge >= 0.3 is 0 Å². The summed E-state index contributed by atoms with van der Waals surface area (Å²) in [7, 11) is 0. The summed E-state index contributed by atoms with van der Waals surface area (Å²) in [5.74, 6) is -0.163. The van der Waals surface area contributed by atoms with E-state index in [0.29, 0.717) is 5.70 Å². The minimum atomic E-state index is -0.930. The number of Topliss-reactive ketones (excluding diaryl/α,β-unsaturated/α-hetero) is 1. The Labute approximate surface area is 77.3 Å². The van der Waals surface area contributed by atoms with Crippen LogP contribution < -0.4 is 0 Å². The highest BCUT2D eigenvalue weighted by Crippen LogP contribution is 2.19. The summed E-state index contributed by atoms with van der Waals surface area (Å²) < 4.78 is 0. The van der Waals surface area contributed by atoms with E-state index in [9.17, 15) is 9.90 Å². The molecular weight excluding hydrogens is 166 g/mol. The van der Waals surface area contributed by atoms with Crippen molar-refractivity contribution >= 4 is 5.78 Å². The zero-order chi connectivity index (χ0) is 9.26. The Hall–Kier alpha value is -1.09. The summed E-state index contributed by atoms with van der Waals surface area (Å²) in [6.07, 6.45) is 6.41. The van der Waals surface area contributed by atoms with Gasteiger partial charge in [0.05, 0.1) is 5.70 Å². The largest absolute Gasteiger partial charge is 0.381 e. The number of likely N-dealkylation sites (tertiary alicyclic amines) is 1. The highest BCUT2D eigenvalue weighted by molar-refractivity contribution is 6.00. The van der Waals surface area contributed by atoms with Gasteiger partial charge in [-0.3, -0.25) is 4.79 Å². The van der Waals surface area contributed by atoms with Gasteiger partial charge in [-0.15, -0.1) is 0 Å². The van der Waals surface area contributed by atoms with Crippen molar-refractivity contribution in [1.82, 2.24) is 4.90 Å². The second-order valence-corrected chi connectivity index (χ2v) is 3.44. The van der Waals surface area contributed by atoms with Crippen molar-refractivity contribution in [1.29, 1.82) is 0 Å². The molecule has 0 aromatic heterocycles. The van der Waals surface area contributed by atoms with Crippen LogP contribution in [0.25, 0.3) is 0 Å². The quantitative estimate of drug-likeness (QED) is 0.636. The fourth-order valence-electron chi connectivity index (χ4n) is 1.79. The number of hydrogen-bond donors (Lipinski definition) is 1. The van der Waals surface area contributed by atoms with Crippen LogP contribution in [-0.2, 0) is 4.79 Å². The summed E-state index contributed by atoms with van der Waals surface area (Å²) in [4.78, 5) is 13.6. The van der Waals surface area contributed by atoms with Gasteiger partial charge in [0.25, 0.3) is 0 Å². The molecule has 1 aliphatic carbocycles. The Balaban J connectivity index is 2.17. The van der Waals surface area contributed by atoms with E-state index >= 15 is 0 Å². The standard InChI is InChI=1S/C10H13NO2/c12-9-5-3-4-8(10(9)13)11-6-1-2-7-11/h3-5,9,12H,1-2,6-7H2. The van der Waals surface area contributed by atoms with Crippen LogP contribution in [0.3, 0.4) is 0 Å². The van der Waals surface area contributed by atoms with Crippen molar-refractivity contribution in [2.75, 3.05) is 13.1 Å². The average Bonchev–Trinajstić information content (AvgIpc) is 2.62. The van der Waals surface area contributed by atoms with Gasteiger partial charge in [-0.25, -0.2) is 0 Å². The summed E-state index contributed by atoms with van der Waals surface area (Å²) in [5, 5.41) is 9.30. The molecular formula is C10H13NO2. The van der Waals surface area contributed by atoms with Crippen LogP contribution in [0.5, 0.6) is 0 Å². The maximum Gasteiger partial charge on any atom is 0.211 e. The van der Waals surface area contributed by atoms with Gasteiger partial charge in [-0.2, -0.15) is 0 Å². The molecule has 0 spiro atoms. The van der Waals surface area contributed by atoms with Crippen LogP contribution in [0, 0.1) is 0 Å². The van der Waals surface area contributed by atoms with Crippen molar-refractivity contribution in [3.8, 4) is 0 Å². The number of carbonyl (C=O) groups excluding carboxylic acids is 1. The topological polar surface area (TPSA) is 40.5 Å². The molecule has 2 aliphatic rings. The number of ketones is 1. The number of aliphatic hydroxyl groups is 1. The van der Waals surface area contributed by atoms with Crippen molar-refractivity contribution in [3.05, 3.63) is 23.9 Å². The lowest BCUT2D eigenvalue weighted by Gasteiger charge is -2.23. The molecule has 0 amide bonds. The molecule has 3 heteroatoms. The summed E-state index contributed by atoms with van der Waals surface area (Å²) in [6.45, 7) is 1.89. The Bertz CT molecular complexity index is 275. The SMILES string of the molecule is O=C1C(N2CCCC2)=CC=CC1O. The maximum absolute atomic E-state index is 11.5. The van der Waals surface area contributed by atoms with Gasteiger partial charge in [-0.05, 0) is 25.0 Å². The van der Waals surface area contributed by atoms with E-state index in [1.807, 2.05) is 0 Å². The summed E-state index contributed by atoms with van der Waals surface area (Å²) in [6, 6.07) is 0. The van der Waals surface area contributed by atoms with Gasteiger partial charge in [0, 0.05) is 13.1 Å².